The lowest BCUT2D eigenvalue weighted by Gasteiger charge is -2.07. The van der Waals surface area contributed by atoms with Crippen LogP contribution in [0.15, 0.2) is 48.0 Å². The Labute approximate surface area is 121 Å². The first-order chi connectivity index (χ1) is 9.83. The van der Waals surface area contributed by atoms with Gasteiger partial charge in [-0.15, -0.1) is 11.3 Å². The number of aromatic nitrogens is 1. The first kappa shape index (κ1) is 13.3. The van der Waals surface area contributed by atoms with Crippen LogP contribution in [-0.4, -0.2) is 17.7 Å². The Balaban J connectivity index is 1.50. The van der Waals surface area contributed by atoms with Crippen LogP contribution in [0.1, 0.15) is 4.88 Å². The summed E-state index contributed by atoms with van der Waals surface area (Å²) in [6, 6.07) is 11.2. The fourth-order valence-electron chi connectivity index (χ4n) is 2.36. The van der Waals surface area contributed by atoms with Gasteiger partial charge < -0.3 is 9.88 Å². The van der Waals surface area contributed by atoms with Gasteiger partial charge in [-0.2, -0.15) is 0 Å². The molecule has 2 aromatic heterocycles. The first-order valence-electron chi connectivity index (χ1n) is 6.80. The predicted molar refractivity (Wildman–Crippen MR) is 82.8 cm³/mol. The van der Waals surface area contributed by atoms with Gasteiger partial charge in [0.05, 0.1) is 0 Å². The van der Waals surface area contributed by atoms with Crippen LogP contribution in [0.3, 0.4) is 0 Å². The minimum atomic E-state index is -0.177. The van der Waals surface area contributed by atoms with Crippen molar-refractivity contribution < 1.29 is 4.39 Å². The molecule has 0 bridgehead atoms. The van der Waals surface area contributed by atoms with Gasteiger partial charge in [0.2, 0.25) is 0 Å². The van der Waals surface area contributed by atoms with Crippen LogP contribution in [0.5, 0.6) is 0 Å². The molecule has 3 aromatic rings. The van der Waals surface area contributed by atoms with Gasteiger partial charge in [-0.25, -0.2) is 4.39 Å². The van der Waals surface area contributed by atoms with Crippen molar-refractivity contribution >= 4 is 22.2 Å². The molecule has 1 aromatic carbocycles. The maximum Gasteiger partial charge on any atom is 0.123 e. The molecule has 3 rings (SSSR count). The van der Waals surface area contributed by atoms with Gasteiger partial charge in [0.1, 0.15) is 5.82 Å². The standard InChI is InChI=1S/C16H17FN2S/c17-14-3-4-16-13(12-14)6-9-19(16)10-8-18-7-5-15-2-1-11-20-15/h1-4,6,9,11-12,18H,5,7-8,10H2. The second kappa shape index (κ2) is 6.20. The average Bonchev–Trinajstić information content (AvgIpc) is 3.08. The lowest BCUT2D eigenvalue weighted by molar-refractivity contribution is 0.610. The third-order valence-electron chi connectivity index (χ3n) is 3.39. The highest BCUT2D eigenvalue weighted by molar-refractivity contribution is 7.09. The smallest absolute Gasteiger partial charge is 0.123 e. The van der Waals surface area contributed by atoms with Crippen molar-refractivity contribution in [3.8, 4) is 0 Å². The van der Waals surface area contributed by atoms with E-state index in [4.69, 9.17) is 0 Å². The molecular formula is C16H17FN2S. The molecule has 0 fully saturated rings. The van der Waals surface area contributed by atoms with Crippen molar-refractivity contribution in [1.82, 2.24) is 9.88 Å². The molecule has 0 spiro atoms. The minimum absolute atomic E-state index is 0.177. The predicted octanol–water partition coefficient (Wildman–Crippen LogP) is 3.67. The van der Waals surface area contributed by atoms with Gasteiger partial charge in [-0.3, -0.25) is 0 Å². The third-order valence-corrected chi connectivity index (χ3v) is 4.33. The number of fused-ring (bicyclic) bond motifs is 1. The largest absolute Gasteiger partial charge is 0.346 e. The Morgan fingerprint density at radius 3 is 2.95 bits per heavy atom. The molecule has 1 N–H and O–H groups in total. The third kappa shape index (κ3) is 3.08. The molecule has 0 unspecified atom stereocenters. The molecular weight excluding hydrogens is 271 g/mol. The van der Waals surface area contributed by atoms with Gasteiger partial charge in [-0.1, -0.05) is 6.07 Å². The fraction of sp³-hybridized carbons (Fsp3) is 0.250. The number of rotatable bonds is 6. The summed E-state index contributed by atoms with van der Waals surface area (Å²) in [5.41, 5.74) is 1.09. The number of hydrogen-bond donors (Lipinski definition) is 1. The molecule has 2 heterocycles. The molecule has 0 aliphatic carbocycles. The molecule has 0 saturated carbocycles. The van der Waals surface area contributed by atoms with Crippen LogP contribution >= 0.6 is 11.3 Å². The van der Waals surface area contributed by atoms with E-state index < -0.39 is 0 Å². The van der Waals surface area contributed by atoms with Crippen LogP contribution in [0.4, 0.5) is 4.39 Å². The number of nitrogens with one attached hydrogen (secondary N) is 1. The van der Waals surface area contributed by atoms with Gasteiger partial charge in [0.25, 0.3) is 0 Å². The summed E-state index contributed by atoms with van der Waals surface area (Å²) in [7, 11) is 0. The Hall–Kier alpha value is -1.65. The molecule has 20 heavy (non-hydrogen) atoms. The van der Waals surface area contributed by atoms with Crippen molar-refractivity contribution in [2.45, 2.75) is 13.0 Å². The van der Waals surface area contributed by atoms with Gasteiger partial charge in [0, 0.05) is 41.6 Å². The maximum atomic E-state index is 13.1. The summed E-state index contributed by atoms with van der Waals surface area (Å²) >= 11 is 1.80. The Kier molecular flexibility index (Phi) is 4.14. The van der Waals surface area contributed by atoms with Crippen molar-refractivity contribution in [1.29, 1.82) is 0 Å². The van der Waals surface area contributed by atoms with E-state index >= 15 is 0 Å². The number of halogens is 1. The fourth-order valence-corrected chi connectivity index (χ4v) is 3.07. The highest BCUT2D eigenvalue weighted by Gasteiger charge is 2.01. The maximum absolute atomic E-state index is 13.1. The molecule has 0 saturated heterocycles. The molecule has 104 valence electrons. The van der Waals surface area contributed by atoms with Crippen LogP contribution in [0.25, 0.3) is 10.9 Å². The summed E-state index contributed by atoms with van der Waals surface area (Å²) in [5, 5.41) is 6.52. The van der Waals surface area contributed by atoms with Crippen LogP contribution in [0.2, 0.25) is 0 Å². The lowest BCUT2D eigenvalue weighted by atomic mass is 10.2. The minimum Gasteiger partial charge on any atom is -0.346 e. The Morgan fingerprint density at radius 1 is 1.15 bits per heavy atom. The summed E-state index contributed by atoms with van der Waals surface area (Å²) in [4.78, 5) is 1.42. The SMILES string of the molecule is Fc1ccc2c(ccn2CCNCCc2cccs2)c1. The summed E-state index contributed by atoms with van der Waals surface area (Å²) in [5.74, 6) is -0.177. The highest BCUT2D eigenvalue weighted by atomic mass is 32.1. The Bertz CT molecular complexity index is 673. The zero-order valence-electron chi connectivity index (χ0n) is 11.2. The number of benzene rings is 1. The van der Waals surface area contributed by atoms with Gasteiger partial charge in [-0.05, 0) is 42.1 Å². The van der Waals surface area contributed by atoms with Crippen molar-refractivity contribution in [3.63, 3.8) is 0 Å². The monoisotopic (exact) mass is 288 g/mol. The molecule has 0 aliphatic rings. The van der Waals surface area contributed by atoms with Crippen LogP contribution in [0, 0.1) is 5.82 Å². The van der Waals surface area contributed by atoms with Crippen LogP contribution < -0.4 is 5.32 Å². The Morgan fingerprint density at radius 2 is 2.10 bits per heavy atom. The van der Waals surface area contributed by atoms with E-state index in [0.29, 0.717) is 0 Å². The zero-order chi connectivity index (χ0) is 13.8. The molecule has 0 atom stereocenters. The number of hydrogen-bond acceptors (Lipinski definition) is 2. The van der Waals surface area contributed by atoms with E-state index in [0.717, 1.165) is 37.0 Å². The number of nitrogens with zero attached hydrogens (tertiary/aromatic N) is 1. The molecule has 0 radical (unpaired) electrons. The molecule has 4 heteroatoms. The van der Waals surface area contributed by atoms with Crippen LogP contribution in [-0.2, 0) is 13.0 Å². The van der Waals surface area contributed by atoms with Gasteiger partial charge >= 0.3 is 0 Å². The second-order valence-electron chi connectivity index (χ2n) is 4.79. The quantitative estimate of drug-likeness (QED) is 0.685. The highest BCUT2D eigenvalue weighted by Crippen LogP contribution is 2.16. The molecule has 0 amide bonds. The van der Waals surface area contributed by atoms with E-state index in [1.165, 1.54) is 10.9 Å². The number of thiophene rings is 1. The van der Waals surface area contributed by atoms with E-state index in [1.54, 1.807) is 17.4 Å². The van der Waals surface area contributed by atoms with Crippen molar-refractivity contribution in [2.24, 2.45) is 0 Å². The topological polar surface area (TPSA) is 17.0 Å². The second-order valence-corrected chi connectivity index (χ2v) is 5.82. The zero-order valence-corrected chi connectivity index (χ0v) is 12.0. The van der Waals surface area contributed by atoms with Crippen molar-refractivity contribution in [3.05, 3.63) is 58.7 Å². The first-order valence-corrected chi connectivity index (χ1v) is 7.68. The normalized spacial score (nSPS) is 11.2. The van der Waals surface area contributed by atoms with Gasteiger partial charge in [0.15, 0.2) is 0 Å². The van der Waals surface area contributed by atoms with E-state index in [-0.39, 0.29) is 5.82 Å². The van der Waals surface area contributed by atoms with E-state index in [9.17, 15) is 4.39 Å². The molecule has 0 aliphatic heterocycles. The summed E-state index contributed by atoms with van der Waals surface area (Å²) in [6.45, 7) is 2.82. The average molecular weight is 288 g/mol. The van der Waals surface area contributed by atoms with Crippen molar-refractivity contribution in [2.75, 3.05) is 13.1 Å². The van der Waals surface area contributed by atoms with E-state index in [1.807, 2.05) is 18.3 Å². The lowest BCUT2D eigenvalue weighted by Crippen LogP contribution is -2.21. The van der Waals surface area contributed by atoms with E-state index in [2.05, 4.69) is 27.4 Å². The summed E-state index contributed by atoms with van der Waals surface area (Å²) in [6.07, 6.45) is 3.10. The molecule has 2 nitrogen and oxygen atoms in total. The summed E-state index contributed by atoms with van der Waals surface area (Å²) < 4.78 is 15.3.